The highest BCUT2D eigenvalue weighted by atomic mass is 35.5. The van der Waals surface area contributed by atoms with Gasteiger partial charge in [-0.3, -0.25) is 9.89 Å². The molecule has 3 aromatic rings. The molecule has 1 aromatic heterocycles. The second kappa shape index (κ2) is 7.40. The molecule has 0 unspecified atom stereocenters. The molecule has 2 aromatic carbocycles. The monoisotopic (exact) mass is 358 g/mol. The van der Waals surface area contributed by atoms with Crippen molar-refractivity contribution in [1.82, 2.24) is 10.2 Å². The van der Waals surface area contributed by atoms with Gasteiger partial charge in [-0.05, 0) is 42.5 Å². The molecule has 0 amide bonds. The van der Waals surface area contributed by atoms with Gasteiger partial charge >= 0.3 is 0 Å². The highest BCUT2D eigenvalue weighted by Crippen LogP contribution is 2.20. The molecule has 0 aliphatic rings. The molecule has 0 aliphatic carbocycles. The third-order valence-electron chi connectivity index (χ3n) is 3.58. The van der Waals surface area contributed by atoms with Crippen LogP contribution in [0.25, 0.3) is 17.3 Å². The summed E-state index contributed by atoms with van der Waals surface area (Å²) in [7, 11) is 0. The van der Waals surface area contributed by atoms with Crippen LogP contribution in [-0.4, -0.2) is 16.0 Å². The Morgan fingerprint density at radius 2 is 1.84 bits per heavy atom. The first-order valence-electron chi connectivity index (χ1n) is 7.49. The van der Waals surface area contributed by atoms with Gasteiger partial charge in [-0.2, -0.15) is 5.10 Å². The van der Waals surface area contributed by atoms with Gasteiger partial charge in [-0.25, -0.2) is 8.78 Å². The van der Waals surface area contributed by atoms with Crippen molar-refractivity contribution < 1.29 is 13.6 Å². The zero-order valence-corrected chi connectivity index (χ0v) is 13.7. The van der Waals surface area contributed by atoms with Crippen molar-refractivity contribution in [3.05, 3.63) is 82.5 Å². The molecule has 3 rings (SSSR count). The molecule has 0 aliphatic heterocycles. The summed E-state index contributed by atoms with van der Waals surface area (Å²) in [5.74, 6) is -2.30. The standard InChI is InChI=1S/C19H13ClF2N2O/c20-14-7-4-12(5-8-14)18-11-15(23-24-18)2-1-3-19(25)13-6-9-16(21)17(22)10-13/h1-2,4-11H,3H2,(H,23,24). The van der Waals surface area contributed by atoms with Gasteiger partial charge in [0.25, 0.3) is 0 Å². The number of hydrogen-bond donors (Lipinski definition) is 1. The number of halogens is 3. The van der Waals surface area contributed by atoms with E-state index in [4.69, 9.17) is 11.6 Å². The van der Waals surface area contributed by atoms with Crippen molar-refractivity contribution in [3.63, 3.8) is 0 Å². The number of carbonyl (C=O) groups is 1. The van der Waals surface area contributed by atoms with Crippen LogP contribution in [0.4, 0.5) is 8.78 Å². The summed E-state index contributed by atoms with van der Waals surface area (Å²) in [6.45, 7) is 0. The van der Waals surface area contributed by atoms with Gasteiger partial charge in [0, 0.05) is 22.6 Å². The molecular weight excluding hydrogens is 346 g/mol. The number of H-pyrrole nitrogens is 1. The minimum Gasteiger partial charge on any atom is -0.294 e. The molecule has 1 heterocycles. The van der Waals surface area contributed by atoms with Crippen molar-refractivity contribution in [2.45, 2.75) is 6.42 Å². The lowest BCUT2D eigenvalue weighted by molar-refractivity contribution is 0.0995. The zero-order valence-electron chi connectivity index (χ0n) is 13.0. The Balaban J connectivity index is 1.65. The molecule has 25 heavy (non-hydrogen) atoms. The van der Waals surface area contributed by atoms with Crippen LogP contribution in [0.2, 0.25) is 5.02 Å². The average Bonchev–Trinajstić information content (AvgIpc) is 3.06. The van der Waals surface area contributed by atoms with E-state index in [0.29, 0.717) is 5.02 Å². The van der Waals surface area contributed by atoms with Gasteiger partial charge in [-0.1, -0.05) is 29.8 Å². The number of rotatable bonds is 5. The zero-order chi connectivity index (χ0) is 17.8. The summed E-state index contributed by atoms with van der Waals surface area (Å²) in [4.78, 5) is 12.0. The molecule has 0 saturated heterocycles. The van der Waals surface area contributed by atoms with E-state index in [1.165, 1.54) is 6.07 Å². The van der Waals surface area contributed by atoms with Crippen LogP contribution in [0.15, 0.2) is 54.6 Å². The maximum Gasteiger partial charge on any atom is 0.166 e. The van der Waals surface area contributed by atoms with E-state index in [1.54, 1.807) is 24.3 Å². The summed E-state index contributed by atoms with van der Waals surface area (Å²) < 4.78 is 26.0. The number of nitrogens with one attached hydrogen (secondary N) is 1. The highest BCUT2D eigenvalue weighted by Gasteiger charge is 2.08. The Kier molecular flexibility index (Phi) is 5.05. The first-order chi connectivity index (χ1) is 12.0. The van der Waals surface area contributed by atoms with E-state index >= 15 is 0 Å². The Bertz CT molecular complexity index is 933. The fourth-order valence-corrected chi connectivity index (χ4v) is 2.40. The second-order valence-corrected chi connectivity index (χ2v) is 5.81. The normalized spacial score (nSPS) is 11.2. The SMILES string of the molecule is O=C(CC=Cc1cc(-c2ccc(Cl)cc2)n[nH]1)c1ccc(F)c(F)c1. The molecule has 126 valence electrons. The van der Waals surface area contributed by atoms with Crippen molar-refractivity contribution >= 4 is 23.5 Å². The van der Waals surface area contributed by atoms with Crippen LogP contribution >= 0.6 is 11.6 Å². The van der Waals surface area contributed by atoms with E-state index in [0.717, 1.165) is 29.1 Å². The van der Waals surface area contributed by atoms with Gasteiger partial charge < -0.3 is 0 Å². The van der Waals surface area contributed by atoms with E-state index < -0.39 is 11.6 Å². The molecule has 0 bridgehead atoms. The minimum absolute atomic E-state index is 0.0698. The molecule has 0 saturated carbocycles. The lowest BCUT2D eigenvalue weighted by Gasteiger charge is -1.98. The van der Waals surface area contributed by atoms with E-state index in [2.05, 4.69) is 10.2 Å². The number of carbonyl (C=O) groups excluding carboxylic acids is 1. The molecule has 0 atom stereocenters. The quantitative estimate of drug-likeness (QED) is 0.629. The van der Waals surface area contributed by atoms with E-state index in [1.807, 2.05) is 18.2 Å². The van der Waals surface area contributed by atoms with Crippen LogP contribution < -0.4 is 0 Å². The molecular formula is C19H13ClF2N2O. The van der Waals surface area contributed by atoms with E-state index in [-0.39, 0.29) is 17.8 Å². The third kappa shape index (κ3) is 4.19. The minimum atomic E-state index is -1.03. The van der Waals surface area contributed by atoms with Crippen LogP contribution in [0.1, 0.15) is 22.5 Å². The van der Waals surface area contributed by atoms with Gasteiger partial charge in [-0.15, -0.1) is 0 Å². The van der Waals surface area contributed by atoms with Crippen molar-refractivity contribution in [3.8, 4) is 11.3 Å². The molecule has 3 nitrogen and oxygen atoms in total. The fraction of sp³-hybridized carbons (Fsp3) is 0.0526. The topological polar surface area (TPSA) is 45.8 Å². The highest BCUT2D eigenvalue weighted by molar-refractivity contribution is 6.30. The molecule has 0 radical (unpaired) electrons. The number of aromatic nitrogens is 2. The number of benzene rings is 2. The molecule has 1 N–H and O–H groups in total. The maximum absolute atomic E-state index is 13.1. The summed E-state index contributed by atoms with van der Waals surface area (Å²) >= 11 is 5.86. The van der Waals surface area contributed by atoms with Crippen molar-refractivity contribution in [2.75, 3.05) is 0 Å². The summed E-state index contributed by atoms with van der Waals surface area (Å²) in [5, 5.41) is 7.70. The largest absolute Gasteiger partial charge is 0.294 e. The van der Waals surface area contributed by atoms with Gasteiger partial charge in [0.15, 0.2) is 17.4 Å². The van der Waals surface area contributed by atoms with Gasteiger partial charge in [0.2, 0.25) is 0 Å². The number of allylic oxidation sites excluding steroid dienone is 1. The van der Waals surface area contributed by atoms with Gasteiger partial charge in [0.1, 0.15) is 0 Å². The van der Waals surface area contributed by atoms with Crippen molar-refractivity contribution in [1.29, 1.82) is 0 Å². The molecule has 0 spiro atoms. The Morgan fingerprint density at radius 1 is 1.08 bits per heavy atom. The van der Waals surface area contributed by atoms with E-state index in [9.17, 15) is 13.6 Å². The first-order valence-corrected chi connectivity index (χ1v) is 7.87. The predicted molar refractivity (Wildman–Crippen MR) is 93.4 cm³/mol. The Hall–Kier alpha value is -2.79. The lowest BCUT2D eigenvalue weighted by atomic mass is 10.1. The number of ketones is 1. The van der Waals surface area contributed by atoms with Crippen molar-refractivity contribution in [2.24, 2.45) is 0 Å². The van der Waals surface area contributed by atoms with Crippen LogP contribution in [0.5, 0.6) is 0 Å². The fourth-order valence-electron chi connectivity index (χ4n) is 2.27. The van der Waals surface area contributed by atoms with Gasteiger partial charge in [0.05, 0.1) is 11.4 Å². The molecule has 0 fully saturated rings. The number of aromatic amines is 1. The van der Waals surface area contributed by atoms with Crippen LogP contribution in [-0.2, 0) is 0 Å². The Morgan fingerprint density at radius 3 is 2.56 bits per heavy atom. The summed E-state index contributed by atoms with van der Waals surface area (Å²) in [6.07, 6.45) is 3.42. The third-order valence-corrected chi connectivity index (χ3v) is 3.83. The second-order valence-electron chi connectivity index (χ2n) is 5.37. The first kappa shape index (κ1) is 17.0. The smallest absolute Gasteiger partial charge is 0.166 e. The summed E-state index contributed by atoms with van der Waals surface area (Å²) in [5.41, 5.74) is 2.53. The average molecular weight is 359 g/mol. The number of hydrogen-bond acceptors (Lipinski definition) is 2. The predicted octanol–water partition coefficient (Wildman–Crippen LogP) is 5.29. The summed E-state index contributed by atoms with van der Waals surface area (Å²) in [6, 6.07) is 12.2. The maximum atomic E-state index is 13.1. The van der Waals surface area contributed by atoms with Crippen LogP contribution in [0.3, 0.4) is 0 Å². The molecule has 6 heteroatoms. The lowest BCUT2D eigenvalue weighted by Crippen LogP contribution is -1.98. The number of nitrogens with zero attached hydrogens (tertiary/aromatic N) is 1. The van der Waals surface area contributed by atoms with Crippen LogP contribution in [0, 0.1) is 11.6 Å². The Labute approximate surface area is 148 Å². The number of Topliss-reactive ketones (excluding diaryl/α,β-unsaturated/α-hetero) is 1.